The SMILES string of the molecule is C=CC=O.CCCCCC1CCC(C2CCC(c3ccc(N)cc3)CC2)CC1. The van der Waals surface area contributed by atoms with Crippen molar-refractivity contribution in [2.75, 3.05) is 5.73 Å². The largest absolute Gasteiger partial charge is 0.399 e. The Balaban J connectivity index is 0.000000640. The van der Waals surface area contributed by atoms with Gasteiger partial charge in [-0.1, -0.05) is 64.2 Å². The van der Waals surface area contributed by atoms with Crippen molar-refractivity contribution < 1.29 is 4.79 Å². The van der Waals surface area contributed by atoms with Gasteiger partial charge in [-0.3, -0.25) is 4.79 Å². The van der Waals surface area contributed by atoms with Crippen LogP contribution in [0.15, 0.2) is 36.9 Å². The van der Waals surface area contributed by atoms with Gasteiger partial charge in [-0.05, 0) is 86.0 Å². The molecule has 28 heavy (non-hydrogen) atoms. The van der Waals surface area contributed by atoms with Gasteiger partial charge in [0, 0.05) is 5.69 Å². The molecular weight excluding hydrogens is 342 g/mol. The number of allylic oxidation sites excluding steroid dienone is 1. The van der Waals surface area contributed by atoms with Crippen LogP contribution in [-0.4, -0.2) is 6.29 Å². The van der Waals surface area contributed by atoms with E-state index in [0.29, 0.717) is 6.29 Å². The van der Waals surface area contributed by atoms with Crippen molar-refractivity contribution in [3.8, 4) is 0 Å². The van der Waals surface area contributed by atoms with Crippen molar-refractivity contribution in [1.82, 2.24) is 0 Å². The number of carbonyl (C=O) groups is 1. The second-order valence-corrected chi connectivity index (χ2v) is 8.93. The average Bonchev–Trinajstić information content (AvgIpc) is 2.75. The topological polar surface area (TPSA) is 43.1 Å². The molecule has 0 heterocycles. The van der Waals surface area contributed by atoms with E-state index >= 15 is 0 Å². The molecule has 0 radical (unpaired) electrons. The van der Waals surface area contributed by atoms with Gasteiger partial charge in [-0.2, -0.15) is 0 Å². The van der Waals surface area contributed by atoms with Crippen molar-refractivity contribution in [1.29, 1.82) is 0 Å². The summed E-state index contributed by atoms with van der Waals surface area (Å²) in [5, 5.41) is 0. The molecule has 1 aromatic rings. The molecule has 2 nitrogen and oxygen atoms in total. The van der Waals surface area contributed by atoms with E-state index in [-0.39, 0.29) is 0 Å². The van der Waals surface area contributed by atoms with E-state index in [2.05, 4.69) is 37.8 Å². The maximum atomic E-state index is 9.06. The minimum absolute atomic E-state index is 0.639. The fraction of sp³-hybridized carbons (Fsp3) is 0.654. The van der Waals surface area contributed by atoms with Crippen LogP contribution >= 0.6 is 0 Å². The smallest absolute Gasteiger partial charge is 0.142 e. The van der Waals surface area contributed by atoms with Crippen molar-refractivity contribution in [3.63, 3.8) is 0 Å². The number of hydrogen-bond donors (Lipinski definition) is 1. The first-order valence-corrected chi connectivity index (χ1v) is 11.6. The van der Waals surface area contributed by atoms with Crippen LogP contribution in [-0.2, 0) is 4.79 Å². The maximum absolute atomic E-state index is 9.06. The lowest BCUT2D eigenvalue weighted by Crippen LogP contribution is -2.25. The molecule has 2 fully saturated rings. The van der Waals surface area contributed by atoms with Crippen LogP contribution in [0.25, 0.3) is 0 Å². The Morgan fingerprint density at radius 2 is 1.46 bits per heavy atom. The summed E-state index contributed by atoms with van der Waals surface area (Å²) < 4.78 is 0. The third-order valence-electron chi connectivity index (χ3n) is 7.05. The third-order valence-corrected chi connectivity index (χ3v) is 7.05. The van der Waals surface area contributed by atoms with E-state index < -0.39 is 0 Å². The Hall–Kier alpha value is -1.57. The summed E-state index contributed by atoms with van der Waals surface area (Å²) in [6.45, 7) is 5.43. The highest BCUT2D eigenvalue weighted by Gasteiger charge is 2.31. The monoisotopic (exact) mass is 383 g/mol. The van der Waals surface area contributed by atoms with E-state index in [1.165, 1.54) is 88.7 Å². The molecule has 0 unspecified atom stereocenters. The highest BCUT2D eigenvalue weighted by Crippen LogP contribution is 2.44. The van der Waals surface area contributed by atoms with Gasteiger partial charge in [-0.25, -0.2) is 0 Å². The van der Waals surface area contributed by atoms with Crippen LogP contribution in [0, 0.1) is 17.8 Å². The zero-order valence-electron chi connectivity index (χ0n) is 18.0. The van der Waals surface area contributed by atoms with Crippen LogP contribution in [0.2, 0.25) is 0 Å². The molecule has 0 atom stereocenters. The van der Waals surface area contributed by atoms with Crippen LogP contribution in [0.3, 0.4) is 0 Å². The zero-order chi connectivity index (χ0) is 20.2. The summed E-state index contributed by atoms with van der Waals surface area (Å²) in [5.74, 6) is 3.90. The van der Waals surface area contributed by atoms with E-state index in [0.717, 1.165) is 29.4 Å². The van der Waals surface area contributed by atoms with Crippen LogP contribution in [0.4, 0.5) is 5.69 Å². The first-order chi connectivity index (χ1) is 13.7. The number of carbonyl (C=O) groups excluding carboxylic acids is 1. The van der Waals surface area contributed by atoms with Crippen molar-refractivity contribution >= 4 is 12.0 Å². The van der Waals surface area contributed by atoms with Gasteiger partial charge in [0.15, 0.2) is 0 Å². The highest BCUT2D eigenvalue weighted by atomic mass is 16.1. The fourth-order valence-corrected chi connectivity index (χ4v) is 5.32. The molecule has 0 aliphatic heterocycles. The van der Waals surface area contributed by atoms with Crippen molar-refractivity contribution in [2.45, 2.75) is 89.9 Å². The zero-order valence-corrected chi connectivity index (χ0v) is 18.0. The lowest BCUT2D eigenvalue weighted by Gasteiger charge is -2.38. The molecular formula is C26H41NO. The molecule has 0 saturated heterocycles. The number of anilines is 1. The van der Waals surface area contributed by atoms with Gasteiger partial charge in [-0.15, -0.1) is 0 Å². The van der Waals surface area contributed by atoms with E-state index in [4.69, 9.17) is 10.5 Å². The van der Waals surface area contributed by atoms with Gasteiger partial charge in [0.25, 0.3) is 0 Å². The number of nitrogens with two attached hydrogens (primary N) is 1. The predicted molar refractivity (Wildman–Crippen MR) is 121 cm³/mol. The van der Waals surface area contributed by atoms with Gasteiger partial charge in [0.2, 0.25) is 0 Å². The Bertz CT molecular complexity index is 542. The molecule has 2 aliphatic rings. The fourth-order valence-electron chi connectivity index (χ4n) is 5.32. The van der Waals surface area contributed by atoms with E-state index in [9.17, 15) is 0 Å². The van der Waals surface area contributed by atoms with Gasteiger partial charge < -0.3 is 5.73 Å². The molecule has 2 heteroatoms. The molecule has 0 bridgehead atoms. The molecule has 2 aliphatic carbocycles. The summed E-state index contributed by atoms with van der Waals surface area (Å²) in [6, 6.07) is 8.64. The lowest BCUT2D eigenvalue weighted by molar-refractivity contribution is -0.104. The Morgan fingerprint density at radius 3 is 1.96 bits per heavy atom. The van der Waals surface area contributed by atoms with E-state index in [1.54, 1.807) is 0 Å². The summed E-state index contributed by atoms with van der Waals surface area (Å²) in [6.07, 6.45) is 19.4. The molecule has 2 N–H and O–H groups in total. The first-order valence-electron chi connectivity index (χ1n) is 11.6. The van der Waals surface area contributed by atoms with Crippen LogP contribution < -0.4 is 5.73 Å². The number of rotatable bonds is 7. The first kappa shape index (κ1) is 22.7. The Labute approximate surface area is 173 Å². The molecule has 0 aromatic heterocycles. The standard InChI is InChI=1S/C23H37N.C3H4O/c1-2-3-4-5-18-6-8-19(9-7-18)20-10-12-21(13-11-20)22-14-16-23(24)17-15-22;1-2-3-4/h14-21H,2-13,24H2,1H3;2-3H,1H2. The minimum Gasteiger partial charge on any atom is -0.399 e. The summed E-state index contributed by atoms with van der Waals surface area (Å²) in [5.41, 5.74) is 8.23. The average molecular weight is 384 g/mol. The second kappa shape index (κ2) is 12.8. The summed E-state index contributed by atoms with van der Waals surface area (Å²) in [4.78, 5) is 9.06. The number of benzene rings is 1. The van der Waals surface area contributed by atoms with Crippen LogP contribution in [0.1, 0.15) is 95.5 Å². The molecule has 156 valence electrons. The van der Waals surface area contributed by atoms with Crippen molar-refractivity contribution in [2.24, 2.45) is 17.8 Å². The quantitative estimate of drug-likeness (QED) is 0.232. The number of aldehydes is 1. The van der Waals surface area contributed by atoms with Crippen LogP contribution in [0.5, 0.6) is 0 Å². The Morgan fingerprint density at radius 1 is 0.929 bits per heavy atom. The maximum Gasteiger partial charge on any atom is 0.142 e. The summed E-state index contributed by atoms with van der Waals surface area (Å²) in [7, 11) is 0. The van der Waals surface area contributed by atoms with Crippen molar-refractivity contribution in [3.05, 3.63) is 42.5 Å². The van der Waals surface area contributed by atoms with Gasteiger partial charge in [0.1, 0.15) is 6.29 Å². The van der Waals surface area contributed by atoms with Gasteiger partial charge >= 0.3 is 0 Å². The molecule has 1 aromatic carbocycles. The van der Waals surface area contributed by atoms with Gasteiger partial charge in [0.05, 0.1) is 0 Å². The minimum atomic E-state index is 0.639. The lowest BCUT2D eigenvalue weighted by atomic mass is 9.68. The summed E-state index contributed by atoms with van der Waals surface area (Å²) >= 11 is 0. The molecule has 0 spiro atoms. The third kappa shape index (κ3) is 7.45. The molecule has 2 saturated carbocycles. The number of hydrogen-bond acceptors (Lipinski definition) is 2. The highest BCUT2D eigenvalue weighted by molar-refractivity contribution is 5.63. The molecule has 0 amide bonds. The second-order valence-electron chi connectivity index (χ2n) is 8.93. The predicted octanol–water partition coefficient (Wildman–Crippen LogP) is 7.30. The number of unbranched alkanes of at least 4 members (excludes halogenated alkanes) is 2. The number of nitrogen functional groups attached to an aromatic ring is 1. The normalized spacial score (nSPS) is 27.3. The molecule has 3 rings (SSSR count). The van der Waals surface area contributed by atoms with E-state index in [1.807, 2.05) is 0 Å². The Kier molecular flexibility index (Phi) is 10.4.